The first-order valence-electron chi connectivity index (χ1n) is 7.00. The first-order chi connectivity index (χ1) is 13.5. The molecule has 10 heteroatoms. The van der Waals surface area contributed by atoms with Gasteiger partial charge in [-0.25, -0.2) is 14.5 Å². The first-order valence-corrected chi connectivity index (χ1v) is 15.9. The van der Waals surface area contributed by atoms with Crippen LogP contribution in [0.2, 0.25) is 0 Å². The molecule has 3 heterocycles. The van der Waals surface area contributed by atoms with Crippen LogP contribution >= 0.6 is 28.8 Å². The van der Waals surface area contributed by atoms with E-state index < -0.39 is 13.5 Å². The topological polar surface area (TPSA) is 51.8 Å². The maximum absolute atomic E-state index is 6.54. The van der Waals surface area contributed by atoms with E-state index in [4.69, 9.17) is 48.5 Å². The van der Waals surface area contributed by atoms with E-state index in [0.717, 1.165) is 0 Å². The Labute approximate surface area is 181 Å². The van der Waals surface area contributed by atoms with Crippen molar-refractivity contribution in [2.75, 3.05) is 0 Å². The molecule has 0 radical (unpaired) electrons. The fraction of sp³-hybridized carbons (Fsp3) is 0. The van der Waals surface area contributed by atoms with Gasteiger partial charge in [-0.1, -0.05) is 0 Å². The number of rotatable bonds is 0. The molecule has 0 fully saturated rings. The second-order valence-electron chi connectivity index (χ2n) is 4.09. The van der Waals surface area contributed by atoms with Crippen molar-refractivity contribution in [1.82, 2.24) is 15.0 Å². The predicted molar refractivity (Wildman–Crippen MR) is 109 cm³/mol. The average Bonchev–Trinajstić information content (AvgIpc) is 2.76. The molecule has 0 aliphatic carbocycles. The summed E-state index contributed by atoms with van der Waals surface area (Å²) in [7, 11) is 14.9. The normalized spacial score (nSPS) is 8.36. The summed E-state index contributed by atoms with van der Waals surface area (Å²) in [6.07, 6.45) is 9.63. The molecule has 0 saturated carbocycles. The van der Waals surface area contributed by atoms with Gasteiger partial charge in [0.15, 0.2) is 17.1 Å². The number of nitrogens with zero attached hydrogens (tertiary/aromatic N) is 6. The number of hydrogen-bond donors (Lipinski definition) is 0. The van der Waals surface area contributed by atoms with E-state index in [1.165, 1.54) is 0 Å². The van der Waals surface area contributed by atoms with Crippen LogP contribution in [0.5, 0.6) is 0 Å². The van der Waals surface area contributed by atoms with Crippen molar-refractivity contribution >= 4 is 45.8 Å². The van der Waals surface area contributed by atoms with Crippen LogP contribution in [0.3, 0.4) is 0 Å². The second-order valence-corrected chi connectivity index (χ2v) is 14.5. The van der Waals surface area contributed by atoms with E-state index in [0.29, 0.717) is 17.1 Å². The summed E-state index contributed by atoms with van der Waals surface area (Å²) >= 11 is -1.92. The van der Waals surface area contributed by atoms with Gasteiger partial charge in [0.2, 0.25) is 0 Å². The number of hydrogen-bond acceptors (Lipinski definition) is 3. The third-order valence-corrected chi connectivity index (χ3v) is 2.38. The van der Waals surface area contributed by atoms with E-state index in [9.17, 15) is 0 Å². The Morgan fingerprint density at radius 3 is 0.821 bits per heavy atom. The summed E-state index contributed by atoms with van der Waals surface area (Å²) < 4.78 is 0. The molecule has 0 saturated heterocycles. The Morgan fingerprint density at radius 1 is 0.536 bits per heavy atom. The molecule has 28 heavy (non-hydrogen) atoms. The minimum absolute atomic E-state index is 0.639. The molecule has 144 valence electrons. The maximum atomic E-state index is 6.54. The fourth-order valence-electron chi connectivity index (χ4n) is 1.26. The molecule has 0 amide bonds. The van der Waals surface area contributed by atoms with Crippen LogP contribution in [-0.4, -0.2) is 15.0 Å². The predicted octanol–water partition coefficient (Wildman–Crippen LogP) is 6.96. The van der Waals surface area contributed by atoms with Gasteiger partial charge in [-0.3, -0.25) is 15.0 Å². The Bertz CT molecular complexity index is 771. The Balaban J connectivity index is 0.000000358. The van der Waals surface area contributed by atoms with Crippen LogP contribution < -0.4 is 0 Å². The molecule has 6 nitrogen and oxygen atoms in total. The van der Waals surface area contributed by atoms with Crippen LogP contribution in [0.15, 0.2) is 73.6 Å². The van der Waals surface area contributed by atoms with E-state index in [-0.39, 0.29) is 0 Å². The minimum atomic E-state index is -1.92. The van der Waals surface area contributed by atoms with Gasteiger partial charge in [-0.15, -0.1) is 0 Å². The number of pyridine rings is 3. The SMILES string of the molecule is [C-]#[N+]c1ccncc1.[C-]#[N+]c1ccncc1.[C-]#[N+]c1ccncc1.[Cl][Ir]([Cl])[Cl]. The molecule has 3 aromatic rings. The first kappa shape index (κ1) is 25.4. The van der Waals surface area contributed by atoms with Crippen LogP contribution in [0, 0.1) is 19.7 Å². The molecule has 3 rings (SSSR count). The standard InChI is InChI=1S/3C6H4N2.3ClH.Ir/c3*1-7-6-2-4-8-5-3-6;;;;/h3*2-5H;3*1H;/q;;;;;;+3/p-3. The number of halogens is 3. The van der Waals surface area contributed by atoms with E-state index >= 15 is 0 Å². The van der Waals surface area contributed by atoms with Gasteiger partial charge in [0.25, 0.3) is 0 Å². The van der Waals surface area contributed by atoms with Gasteiger partial charge in [0.1, 0.15) is 0 Å². The Kier molecular flexibility index (Phi) is 16.2. The fourth-order valence-corrected chi connectivity index (χ4v) is 1.26. The Hall–Kier alpha value is -2.56. The van der Waals surface area contributed by atoms with Crippen molar-refractivity contribution in [1.29, 1.82) is 0 Å². The van der Waals surface area contributed by atoms with Gasteiger partial charge in [0.05, 0.1) is 19.7 Å². The zero-order chi connectivity index (χ0) is 21.0. The second kappa shape index (κ2) is 17.8. The molecule has 0 aliphatic rings. The van der Waals surface area contributed by atoms with Crippen molar-refractivity contribution in [2.45, 2.75) is 0 Å². The van der Waals surface area contributed by atoms with Crippen LogP contribution in [0.1, 0.15) is 0 Å². The van der Waals surface area contributed by atoms with Crippen molar-refractivity contribution < 1.29 is 13.5 Å². The molecule has 0 aromatic carbocycles. The Morgan fingerprint density at radius 2 is 0.714 bits per heavy atom. The average molecular weight is 611 g/mol. The van der Waals surface area contributed by atoms with E-state index in [1.54, 1.807) is 73.6 Å². The molecular weight excluding hydrogens is 599 g/mol. The van der Waals surface area contributed by atoms with Crippen LogP contribution in [-0.2, 0) is 13.5 Å². The summed E-state index contributed by atoms with van der Waals surface area (Å²) in [5.74, 6) is 0. The quantitative estimate of drug-likeness (QED) is 0.259. The molecular formula is C18H12Cl3IrN6. The van der Waals surface area contributed by atoms with Crippen molar-refractivity contribution in [3.05, 3.63) is 108 Å². The molecule has 0 bridgehead atoms. The van der Waals surface area contributed by atoms with E-state index in [2.05, 4.69) is 29.5 Å². The summed E-state index contributed by atoms with van der Waals surface area (Å²) in [6.45, 7) is 19.6. The third kappa shape index (κ3) is 15.7. The molecule has 0 aliphatic heterocycles. The van der Waals surface area contributed by atoms with Crippen molar-refractivity contribution in [3.63, 3.8) is 0 Å². The molecule has 0 spiro atoms. The summed E-state index contributed by atoms with van der Waals surface area (Å²) in [5.41, 5.74) is 1.92. The van der Waals surface area contributed by atoms with Crippen molar-refractivity contribution in [3.8, 4) is 0 Å². The van der Waals surface area contributed by atoms with Crippen LogP contribution in [0.25, 0.3) is 14.5 Å². The number of aromatic nitrogens is 3. The van der Waals surface area contributed by atoms with Gasteiger partial charge in [-0.05, 0) is 36.4 Å². The summed E-state index contributed by atoms with van der Waals surface area (Å²) in [4.78, 5) is 20.8. The third-order valence-electron chi connectivity index (χ3n) is 2.38. The van der Waals surface area contributed by atoms with Gasteiger partial charge in [-0.2, -0.15) is 0 Å². The zero-order valence-corrected chi connectivity index (χ0v) is 18.7. The van der Waals surface area contributed by atoms with E-state index in [1.807, 2.05) is 0 Å². The molecule has 3 aromatic heterocycles. The van der Waals surface area contributed by atoms with Gasteiger partial charge >= 0.3 is 42.2 Å². The van der Waals surface area contributed by atoms with Gasteiger partial charge < -0.3 is 0 Å². The molecule has 0 N–H and O–H groups in total. The monoisotopic (exact) mass is 610 g/mol. The van der Waals surface area contributed by atoms with Gasteiger partial charge in [0, 0.05) is 37.2 Å². The summed E-state index contributed by atoms with van der Waals surface area (Å²) in [5, 5.41) is 0. The van der Waals surface area contributed by atoms with Crippen molar-refractivity contribution in [2.24, 2.45) is 0 Å². The van der Waals surface area contributed by atoms with Crippen LogP contribution in [0.4, 0.5) is 17.1 Å². The molecule has 0 atom stereocenters. The summed E-state index contributed by atoms with van der Waals surface area (Å²) in [6, 6.07) is 10.0. The zero-order valence-electron chi connectivity index (χ0n) is 14.1. The molecule has 0 unspecified atom stereocenters.